The van der Waals surface area contributed by atoms with E-state index in [4.69, 9.17) is 5.73 Å². The number of carbonyl (C=O) groups excluding carboxylic acids is 3. The number of rotatable bonds is 9. The third kappa shape index (κ3) is 6.88. The molecule has 0 aliphatic carbocycles. The van der Waals surface area contributed by atoms with Gasteiger partial charge in [0, 0.05) is 6.54 Å². The van der Waals surface area contributed by atoms with Crippen LogP contribution < -0.4 is 16.4 Å². The number of quaternary nitrogens is 1. The highest BCUT2D eigenvalue weighted by molar-refractivity contribution is 7.12. The number of hydrogen-bond donors (Lipinski definition) is 3. The topological polar surface area (TPSA) is 101 Å². The minimum Gasteiger partial charge on any atom is -0.365 e. The molecule has 3 amide bonds. The first-order chi connectivity index (χ1) is 15.8. The van der Waals surface area contributed by atoms with Crippen molar-refractivity contribution in [2.75, 3.05) is 26.2 Å². The van der Waals surface area contributed by atoms with Crippen molar-refractivity contribution in [1.82, 2.24) is 10.6 Å². The van der Waals surface area contributed by atoms with Gasteiger partial charge in [-0.15, -0.1) is 11.3 Å². The number of aryl methyl sites for hydroxylation is 1. The zero-order chi connectivity index (χ0) is 23.8. The van der Waals surface area contributed by atoms with Gasteiger partial charge >= 0.3 is 0 Å². The van der Waals surface area contributed by atoms with Crippen LogP contribution >= 0.6 is 11.3 Å². The number of hydrogen-bond acceptors (Lipinski definition) is 4. The molecule has 3 rings (SSSR count). The molecule has 1 saturated heterocycles. The Labute approximate surface area is 199 Å². The van der Waals surface area contributed by atoms with E-state index in [1.54, 1.807) is 0 Å². The molecule has 7 nitrogen and oxygen atoms in total. The molecule has 1 aliphatic rings. The normalized spacial score (nSPS) is 16.4. The van der Waals surface area contributed by atoms with Crippen molar-refractivity contribution in [2.45, 2.75) is 52.1 Å². The Bertz CT molecular complexity index is 965. The second-order valence-electron chi connectivity index (χ2n) is 9.09. The van der Waals surface area contributed by atoms with Crippen molar-refractivity contribution in [3.05, 3.63) is 57.3 Å². The minimum absolute atomic E-state index is 0.0363. The lowest BCUT2D eigenvalue weighted by Crippen LogP contribution is -2.58. The molecule has 0 bridgehead atoms. The Morgan fingerprint density at radius 3 is 2.30 bits per heavy atom. The van der Waals surface area contributed by atoms with Gasteiger partial charge in [0.05, 0.1) is 24.0 Å². The average molecular weight is 472 g/mol. The molecule has 1 aromatic carbocycles. The van der Waals surface area contributed by atoms with Crippen molar-refractivity contribution in [2.24, 2.45) is 5.73 Å². The second kappa shape index (κ2) is 11.4. The van der Waals surface area contributed by atoms with Crippen molar-refractivity contribution in [3.8, 4) is 0 Å². The Kier molecular flexibility index (Phi) is 8.63. The quantitative estimate of drug-likeness (QED) is 0.490. The van der Waals surface area contributed by atoms with Gasteiger partial charge < -0.3 is 20.9 Å². The standard InChI is InChI=1S/C25H34N4O3S/c1-18-17-33-24(25(26)32)21(18)14-27-22(30)15-29(12-8-3-4-9-13-29)16-23(31)28-19(2)20-10-6-5-7-11-20/h5-7,10-11,17,19H,3-4,8-9,12-16H2,1-2H3,(H3-,26,27,28,30,31,32)/p+1. The maximum Gasteiger partial charge on any atom is 0.275 e. The van der Waals surface area contributed by atoms with Crippen molar-refractivity contribution in [1.29, 1.82) is 0 Å². The molecular weight excluding hydrogens is 436 g/mol. The van der Waals surface area contributed by atoms with Gasteiger partial charge in [0.2, 0.25) is 0 Å². The fraction of sp³-hybridized carbons (Fsp3) is 0.480. The van der Waals surface area contributed by atoms with Crippen LogP contribution in [0.1, 0.15) is 65.0 Å². The number of likely N-dealkylation sites (tertiary alicyclic amines) is 1. The zero-order valence-electron chi connectivity index (χ0n) is 19.6. The van der Waals surface area contributed by atoms with E-state index in [9.17, 15) is 14.4 Å². The van der Waals surface area contributed by atoms with E-state index in [0.29, 0.717) is 9.36 Å². The van der Waals surface area contributed by atoms with Gasteiger partial charge in [-0.2, -0.15) is 0 Å². The first kappa shape index (κ1) is 24.9. The van der Waals surface area contributed by atoms with Crippen LogP contribution in [-0.4, -0.2) is 48.4 Å². The molecule has 178 valence electrons. The fourth-order valence-electron chi connectivity index (χ4n) is 4.59. The summed E-state index contributed by atoms with van der Waals surface area (Å²) in [5, 5.41) is 7.95. The molecule has 0 spiro atoms. The van der Waals surface area contributed by atoms with Crippen LogP contribution in [0.3, 0.4) is 0 Å². The summed E-state index contributed by atoms with van der Waals surface area (Å²) in [6.45, 7) is 6.31. The molecule has 2 aromatic rings. The van der Waals surface area contributed by atoms with E-state index in [0.717, 1.165) is 55.5 Å². The zero-order valence-corrected chi connectivity index (χ0v) is 20.4. The summed E-state index contributed by atoms with van der Waals surface area (Å²) in [5.41, 5.74) is 8.25. The number of benzene rings is 1. The number of nitrogens with zero attached hydrogens (tertiary/aromatic N) is 1. The predicted molar refractivity (Wildman–Crippen MR) is 131 cm³/mol. The third-order valence-electron chi connectivity index (χ3n) is 6.44. The van der Waals surface area contributed by atoms with Crippen LogP contribution in [0, 0.1) is 6.92 Å². The number of amides is 3. The van der Waals surface area contributed by atoms with Crippen molar-refractivity contribution in [3.63, 3.8) is 0 Å². The molecule has 2 heterocycles. The molecule has 1 unspecified atom stereocenters. The second-order valence-corrected chi connectivity index (χ2v) is 9.97. The first-order valence-electron chi connectivity index (χ1n) is 11.6. The molecule has 1 atom stereocenters. The summed E-state index contributed by atoms with van der Waals surface area (Å²) in [6.07, 6.45) is 4.26. The van der Waals surface area contributed by atoms with Gasteiger partial charge in [0.15, 0.2) is 13.1 Å². The van der Waals surface area contributed by atoms with Gasteiger partial charge in [-0.1, -0.05) is 30.3 Å². The third-order valence-corrected chi connectivity index (χ3v) is 7.59. The number of nitrogens with two attached hydrogens (primary N) is 1. The molecule has 1 aromatic heterocycles. The average Bonchev–Trinajstić information content (AvgIpc) is 3.00. The summed E-state index contributed by atoms with van der Waals surface area (Å²) in [4.78, 5) is 38.1. The summed E-state index contributed by atoms with van der Waals surface area (Å²) in [7, 11) is 0. The lowest BCUT2D eigenvalue weighted by molar-refractivity contribution is -0.912. The number of primary amides is 1. The van der Waals surface area contributed by atoms with Crippen LogP contribution in [0.2, 0.25) is 0 Å². The van der Waals surface area contributed by atoms with Crippen LogP contribution in [0.4, 0.5) is 0 Å². The van der Waals surface area contributed by atoms with E-state index in [2.05, 4.69) is 10.6 Å². The molecule has 1 aliphatic heterocycles. The van der Waals surface area contributed by atoms with Crippen LogP contribution in [0.25, 0.3) is 0 Å². The van der Waals surface area contributed by atoms with E-state index < -0.39 is 5.91 Å². The number of carbonyl (C=O) groups is 3. The highest BCUT2D eigenvalue weighted by Crippen LogP contribution is 2.22. The van der Waals surface area contributed by atoms with Gasteiger partial charge in [-0.25, -0.2) is 0 Å². The Morgan fingerprint density at radius 2 is 1.67 bits per heavy atom. The van der Waals surface area contributed by atoms with E-state index in [-0.39, 0.29) is 37.5 Å². The molecular formula is C25H35N4O3S+. The molecule has 8 heteroatoms. The van der Waals surface area contributed by atoms with Crippen LogP contribution in [0.15, 0.2) is 35.7 Å². The number of thiophene rings is 1. The van der Waals surface area contributed by atoms with Gasteiger partial charge in [0.1, 0.15) is 0 Å². The summed E-state index contributed by atoms with van der Waals surface area (Å²) in [6, 6.07) is 9.79. The first-order valence-corrected chi connectivity index (χ1v) is 12.5. The van der Waals surface area contributed by atoms with E-state index in [1.807, 2.05) is 49.6 Å². The largest absolute Gasteiger partial charge is 0.365 e. The maximum atomic E-state index is 13.0. The maximum absolute atomic E-state index is 13.0. The SMILES string of the molecule is Cc1csc(C(N)=O)c1CNC(=O)C[N+]1(CC(=O)NC(C)c2ccccc2)CCCCCC1. The summed E-state index contributed by atoms with van der Waals surface area (Å²) in [5.74, 6) is -0.620. The molecule has 1 fully saturated rings. The van der Waals surface area contributed by atoms with Crippen LogP contribution in [-0.2, 0) is 16.1 Å². The Hall–Kier alpha value is -2.71. The highest BCUT2D eigenvalue weighted by atomic mass is 32.1. The molecule has 4 N–H and O–H groups in total. The summed E-state index contributed by atoms with van der Waals surface area (Å²) < 4.78 is 0.463. The number of nitrogens with one attached hydrogen (secondary N) is 2. The van der Waals surface area contributed by atoms with E-state index >= 15 is 0 Å². The van der Waals surface area contributed by atoms with Crippen molar-refractivity contribution < 1.29 is 18.9 Å². The minimum atomic E-state index is -0.474. The van der Waals surface area contributed by atoms with Gasteiger partial charge in [-0.05, 0) is 61.6 Å². The highest BCUT2D eigenvalue weighted by Gasteiger charge is 2.34. The van der Waals surface area contributed by atoms with Crippen LogP contribution in [0.5, 0.6) is 0 Å². The smallest absolute Gasteiger partial charge is 0.275 e. The van der Waals surface area contributed by atoms with E-state index in [1.165, 1.54) is 11.3 Å². The predicted octanol–water partition coefficient (Wildman–Crippen LogP) is 3.04. The van der Waals surface area contributed by atoms with Gasteiger partial charge in [0.25, 0.3) is 17.7 Å². The molecule has 33 heavy (non-hydrogen) atoms. The van der Waals surface area contributed by atoms with Crippen molar-refractivity contribution >= 4 is 29.1 Å². The monoisotopic (exact) mass is 471 g/mol. The van der Waals surface area contributed by atoms with Gasteiger partial charge in [-0.3, -0.25) is 14.4 Å². The lowest BCUT2D eigenvalue weighted by atomic mass is 10.1. The Morgan fingerprint density at radius 1 is 1.03 bits per heavy atom. The Balaban J connectivity index is 1.65. The molecule has 0 radical (unpaired) electrons. The fourth-order valence-corrected chi connectivity index (χ4v) is 5.52. The molecule has 0 saturated carbocycles. The summed E-state index contributed by atoms with van der Waals surface area (Å²) >= 11 is 1.30. The lowest BCUT2D eigenvalue weighted by Gasteiger charge is -2.36.